The van der Waals surface area contributed by atoms with E-state index in [1.807, 2.05) is 49.6 Å². The average Bonchev–Trinajstić information content (AvgIpc) is 1.62. The van der Waals surface area contributed by atoms with Crippen molar-refractivity contribution in [3.63, 3.8) is 0 Å². The first-order chi connectivity index (χ1) is 46.9. The fourth-order valence-electron chi connectivity index (χ4n) is 13.2. The molecule has 95 heavy (non-hydrogen) atoms. The van der Waals surface area contributed by atoms with E-state index in [0.717, 1.165) is 139 Å². The van der Waals surface area contributed by atoms with Gasteiger partial charge >= 0.3 is 0 Å². The molecule has 0 atom stereocenters. The Labute approximate surface area is 549 Å². The lowest BCUT2D eigenvalue weighted by atomic mass is 9.99. The zero-order valence-corrected chi connectivity index (χ0v) is 51.9. The van der Waals surface area contributed by atoms with Crippen molar-refractivity contribution in [2.75, 3.05) is 0 Å². The van der Waals surface area contributed by atoms with Crippen LogP contribution in [0.2, 0.25) is 0 Å². The van der Waals surface area contributed by atoms with Gasteiger partial charge in [-0.1, -0.05) is 213 Å². The monoisotopic (exact) mass is 1210 g/mol. The van der Waals surface area contributed by atoms with Crippen molar-refractivity contribution in [2.45, 2.75) is 6.92 Å². The van der Waals surface area contributed by atoms with Crippen LogP contribution in [0.5, 0.6) is 0 Å². The predicted molar refractivity (Wildman–Crippen MR) is 395 cm³/mol. The Morgan fingerprint density at radius 1 is 0.316 bits per heavy atom. The minimum atomic E-state index is 0.562. The predicted octanol–water partition coefficient (Wildman–Crippen LogP) is 21.7. The number of nitrogens with zero attached hydrogens (tertiary/aromatic N) is 8. The SMILES string of the molecule is C=C(N=C(N=C(C)c1ccc(-c2cnc3ccccc3c2)cc1)c1ccc(-n2c3ccccc3c3ccccc32)cc1)c1ccc(-c2ccc(-c3cc(-c4ccc(-c5cnc6ccccc6c5)cc4)nc(-c4ccc(-n5c6ccccc6c6ccccc65)cc4)n3)cc2)cc1. The summed E-state index contributed by atoms with van der Waals surface area (Å²) in [6, 6.07) is 109. The zero-order valence-electron chi connectivity index (χ0n) is 51.9. The Hall–Kier alpha value is -12.8. The van der Waals surface area contributed by atoms with Gasteiger partial charge in [-0.2, -0.15) is 0 Å². The van der Waals surface area contributed by atoms with Crippen LogP contribution in [0.15, 0.2) is 338 Å². The normalized spacial score (nSPS) is 12.0. The van der Waals surface area contributed by atoms with Gasteiger partial charge in [0, 0.05) is 95.2 Å². The highest BCUT2D eigenvalue weighted by atomic mass is 15.0. The molecule has 0 radical (unpaired) electrons. The lowest BCUT2D eigenvalue weighted by Crippen LogP contribution is -2.05. The largest absolute Gasteiger partial charge is 0.309 e. The van der Waals surface area contributed by atoms with E-state index in [0.29, 0.717) is 17.4 Å². The molecule has 8 heteroatoms. The minimum absolute atomic E-state index is 0.562. The smallest absolute Gasteiger partial charge is 0.160 e. The number of amidine groups is 1. The van der Waals surface area contributed by atoms with Crippen molar-refractivity contribution >= 4 is 82.7 Å². The molecule has 0 bridgehead atoms. The van der Waals surface area contributed by atoms with Gasteiger partial charge in [0.05, 0.1) is 50.2 Å². The summed E-state index contributed by atoms with van der Waals surface area (Å²) in [5.74, 6) is 1.20. The van der Waals surface area contributed by atoms with Crippen LogP contribution in [0.25, 0.3) is 150 Å². The summed E-state index contributed by atoms with van der Waals surface area (Å²) >= 11 is 0. The second-order valence-electron chi connectivity index (χ2n) is 24.0. The van der Waals surface area contributed by atoms with Gasteiger partial charge in [0.1, 0.15) is 0 Å². The average molecular weight is 1220 g/mol. The summed E-state index contributed by atoms with van der Waals surface area (Å²) in [4.78, 5) is 30.6. The first-order valence-corrected chi connectivity index (χ1v) is 31.9. The highest BCUT2D eigenvalue weighted by Gasteiger charge is 2.18. The number of hydrogen-bond donors (Lipinski definition) is 0. The van der Waals surface area contributed by atoms with E-state index in [-0.39, 0.29) is 0 Å². The van der Waals surface area contributed by atoms with Gasteiger partial charge < -0.3 is 9.13 Å². The summed E-state index contributed by atoms with van der Waals surface area (Å²) in [6.45, 7) is 6.59. The molecule has 446 valence electrons. The van der Waals surface area contributed by atoms with Gasteiger partial charge in [-0.3, -0.25) is 9.97 Å². The second-order valence-corrected chi connectivity index (χ2v) is 24.0. The van der Waals surface area contributed by atoms with Gasteiger partial charge in [-0.15, -0.1) is 0 Å². The Morgan fingerprint density at radius 3 is 1.12 bits per heavy atom. The Morgan fingerprint density at radius 2 is 0.663 bits per heavy atom. The Kier molecular flexibility index (Phi) is 14.1. The third-order valence-electron chi connectivity index (χ3n) is 18.2. The molecule has 17 rings (SSSR count). The van der Waals surface area contributed by atoms with Crippen molar-refractivity contribution in [3.05, 3.63) is 345 Å². The number of benzene rings is 12. The number of para-hydroxylation sites is 6. The molecule has 17 aromatic rings. The van der Waals surface area contributed by atoms with Crippen molar-refractivity contribution in [1.82, 2.24) is 29.1 Å². The molecule has 0 saturated heterocycles. The van der Waals surface area contributed by atoms with Gasteiger partial charge in [0.15, 0.2) is 11.7 Å². The third kappa shape index (κ3) is 10.6. The van der Waals surface area contributed by atoms with E-state index in [2.05, 4.69) is 295 Å². The third-order valence-corrected chi connectivity index (χ3v) is 18.2. The van der Waals surface area contributed by atoms with E-state index in [4.69, 9.17) is 29.9 Å². The minimum Gasteiger partial charge on any atom is -0.309 e. The molecule has 0 fully saturated rings. The van der Waals surface area contributed by atoms with Crippen LogP contribution in [0.1, 0.15) is 23.6 Å². The number of hydrogen-bond acceptors (Lipinski definition) is 5. The fraction of sp³-hybridized carbons (Fsp3) is 0.0115. The Balaban J connectivity index is 0.679. The number of aromatic nitrogens is 6. The Bertz CT molecular complexity index is 5770. The van der Waals surface area contributed by atoms with Crippen LogP contribution in [0.4, 0.5) is 0 Å². The zero-order chi connectivity index (χ0) is 63.3. The van der Waals surface area contributed by atoms with Crippen molar-refractivity contribution in [1.29, 1.82) is 0 Å². The van der Waals surface area contributed by atoms with Crippen LogP contribution in [-0.4, -0.2) is 40.6 Å². The molecule has 12 aromatic carbocycles. The van der Waals surface area contributed by atoms with E-state index in [1.54, 1.807) is 0 Å². The standard InChI is InChI=1S/C87H58N8/c1-56(90-86(91-57(2)59-29-33-62(34-30-59)70-51-68-15-3-9-21-78(68)88-54-70)66-43-47-72(48-44-66)94-82-23-11-5-17-74(82)75-18-6-12-24-83(75)94)58-27-31-60(32-28-58)61-35-39-64(40-36-61)80-53-81(65-41-37-63(38-42-65)71-52-69-16-4-10-22-79(69)89-55-71)93-87(92-80)67-45-49-73(50-46-67)95-84-25-13-7-19-76(84)77-20-8-14-26-85(77)95/h3-55H,1H2,2H3. The number of pyridine rings is 2. The highest BCUT2D eigenvalue weighted by molar-refractivity contribution is 6.14. The first-order valence-electron chi connectivity index (χ1n) is 31.9. The second kappa shape index (κ2) is 23.8. The van der Waals surface area contributed by atoms with Gasteiger partial charge in [0.25, 0.3) is 0 Å². The van der Waals surface area contributed by atoms with Gasteiger partial charge in [0.2, 0.25) is 0 Å². The lowest BCUT2D eigenvalue weighted by molar-refractivity contribution is 1.16. The van der Waals surface area contributed by atoms with E-state index >= 15 is 0 Å². The molecule has 0 spiro atoms. The molecule has 8 nitrogen and oxygen atoms in total. The molecule has 0 N–H and O–H groups in total. The topological polar surface area (TPSA) is 86.1 Å². The quantitative estimate of drug-likeness (QED) is 0.0901. The van der Waals surface area contributed by atoms with Crippen molar-refractivity contribution < 1.29 is 0 Å². The number of rotatable bonds is 12. The maximum absolute atomic E-state index is 5.30. The van der Waals surface area contributed by atoms with Crippen LogP contribution in [0, 0.1) is 0 Å². The molecule has 0 aliphatic carbocycles. The van der Waals surface area contributed by atoms with Crippen LogP contribution in [-0.2, 0) is 0 Å². The van der Waals surface area contributed by atoms with Crippen LogP contribution < -0.4 is 0 Å². The molecule has 0 saturated carbocycles. The molecule has 0 amide bonds. The van der Waals surface area contributed by atoms with Crippen LogP contribution >= 0.6 is 0 Å². The summed E-state index contributed by atoms with van der Waals surface area (Å²) < 4.78 is 4.65. The molecule has 0 unspecified atom stereocenters. The van der Waals surface area contributed by atoms with E-state index in [1.165, 1.54) is 21.5 Å². The molecular formula is C87H58N8. The van der Waals surface area contributed by atoms with E-state index < -0.39 is 0 Å². The molecule has 0 aliphatic heterocycles. The number of fused-ring (bicyclic) bond motifs is 8. The summed E-state index contributed by atoms with van der Waals surface area (Å²) in [6.07, 6.45) is 3.88. The van der Waals surface area contributed by atoms with Crippen LogP contribution in [0.3, 0.4) is 0 Å². The van der Waals surface area contributed by atoms with Gasteiger partial charge in [-0.05, 0) is 143 Å². The van der Waals surface area contributed by atoms with Gasteiger partial charge in [-0.25, -0.2) is 20.0 Å². The first kappa shape index (κ1) is 56.2. The summed E-state index contributed by atoms with van der Waals surface area (Å²) in [5, 5.41) is 7.09. The fourth-order valence-corrected chi connectivity index (χ4v) is 13.2. The number of aliphatic imine (C=N–C) groups is 2. The van der Waals surface area contributed by atoms with Crippen molar-refractivity contribution in [3.8, 4) is 78.7 Å². The highest BCUT2D eigenvalue weighted by Crippen LogP contribution is 2.37. The summed E-state index contributed by atoms with van der Waals surface area (Å²) in [5.41, 5.74) is 23.8. The summed E-state index contributed by atoms with van der Waals surface area (Å²) in [7, 11) is 0. The maximum atomic E-state index is 5.30. The maximum Gasteiger partial charge on any atom is 0.160 e. The van der Waals surface area contributed by atoms with Crippen molar-refractivity contribution in [2.24, 2.45) is 9.98 Å². The lowest BCUT2D eigenvalue weighted by Gasteiger charge is -2.12. The molecule has 5 aromatic heterocycles. The van der Waals surface area contributed by atoms with E-state index in [9.17, 15) is 0 Å². The molecule has 0 aliphatic rings. The molecule has 5 heterocycles. The molecular weight excluding hydrogens is 1160 g/mol.